The molecule has 3 rings (SSSR count). The fourth-order valence-corrected chi connectivity index (χ4v) is 4.17. The summed E-state index contributed by atoms with van der Waals surface area (Å²) in [6.07, 6.45) is 4.23. The molecular formula is C17H25NO2. The zero-order chi connectivity index (χ0) is 14.1. The van der Waals surface area contributed by atoms with Gasteiger partial charge in [-0.05, 0) is 44.2 Å². The van der Waals surface area contributed by atoms with Crippen molar-refractivity contribution in [3.05, 3.63) is 35.9 Å². The lowest BCUT2D eigenvalue weighted by Crippen LogP contribution is -2.44. The molecule has 0 spiro atoms. The summed E-state index contributed by atoms with van der Waals surface area (Å²) < 4.78 is 0. The summed E-state index contributed by atoms with van der Waals surface area (Å²) >= 11 is 0. The number of piperidine rings is 1. The molecule has 2 bridgehead atoms. The van der Waals surface area contributed by atoms with Gasteiger partial charge in [-0.15, -0.1) is 0 Å². The zero-order valence-corrected chi connectivity index (χ0v) is 12.2. The standard InChI is InChI=1S/C17H25NO2/c1-18-14-7-8-15(18)10-13(9-14)17(20)16(11-19)12-5-3-2-4-6-12/h2-6,13-17,19-20H,7-11H2,1H3/t13?,14-,15?,16?,17?/m1/s1. The van der Waals surface area contributed by atoms with E-state index in [4.69, 9.17) is 0 Å². The average molecular weight is 275 g/mol. The molecule has 5 atom stereocenters. The Morgan fingerprint density at radius 1 is 1.15 bits per heavy atom. The van der Waals surface area contributed by atoms with E-state index in [-0.39, 0.29) is 12.5 Å². The van der Waals surface area contributed by atoms with Crippen LogP contribution >= 0.6 is 0 Å². The van der Waals surface area contributed by atoms with Gasteiger partial charge in [0, 0.05) is 18.0 Å². The summed E-state index contributed by atoms with van der Waals surface area (Å²) in [4.78, 5) is 2.49. The minimum Gasteiger partial charge on any atom is -0.396 e. The van der Waals surface area contributed by atoms with Gasteiger partial charge in [0.1, 0.15) is 0 Å². The third-order valence-electron chi connectivity index (χ3n) is 5.45. The van der Waals surface area contributed by atoms with Crippen molar-refractivity contribution in [2.24, 2.45) is 5.92 Å². The molecule has 2 heterocycles. The first-order valence-corrected chi connectivity index (χ1v) is 7.76. The van der Waals surface area contributed by atoms with Gasteiger partial charge >= 0.3 is 0 Å². The van der Waals surface area contributed by atoms with Crippen LogP contribution in [-0.4, -0.2) is 47.0 Å². The predicted octanol–water partition coefficient (Wildman–Crippen LogP) is 2.00. The quantitative estimate of drug-likeness (QED) is 0.883. The maximum atomic E-state index is 10.8. The number of fused-ring (bicyclic) bond motifs is 2. The Labute approximate surface area is 121 Å². The first-order chi connectivity index (χ1) is 9.70. The molecule has 1 aromatic rings. The molecule has 0 radical (unpaired) electrons. The summed E-state index contributed by atoms with van der Waals surface area (Å²) in [5.74, 6) is 0.171. The fraction of sp³-hybridized carbons (Fsp3) is 0.647. The number of hydrogen-bond acceptors (Lipinski definition) is 3. The number of aliphatic hydroxyl groups is 2. The summed E-state index contributed by atoms with van der Waals surface area (Å²) in [7, 11) is 2.21. The lowest BCUT2D eigenvalue weighted by atomic mass is 9.79. The van der Waals surface area contributed by atoms with Crippen molar-refractivity contribution in [3.8, 4) is 0 Å². The summed E-state index contributed by atoms with van der Waals surface area (Å²) in [5, 5.41) is 20.5. The molecule has 0 amide bonds. The molecule has 2 N–H and O–H groups in total. The van der Waals surface area contributed by atoms with E-state index in [2.05, 4.69) is 11.9 Å². The Hall–Kier alpha value is -0.900. The Balaban J connectivity index is 1.73. The third-order valence-corrected chi connectivity index (χ3v) is 5.45. The SMILES string of the molecule is CN1C2CC[C@@H]1CC(C(O)C(CO)c1ccccc1)C2. The molecule has 4 unspecified atom stereocenters. The lowest BCUT2D eigenvalue weighted by molar-refractivity contribution is 0.00839. The van der Waals surface area contributed by atoms with Crippen LogP contribution < -0.4 is 0 Å². The largest absolute Gasteiger partial charge is 0.396 e. The lowest BCUT2D eigenvalue weighted by Gasteiger charge is -2.40. The summed E-state index contributed by atoms with van der Waals surface area (Å²) in [5.41, 5.74) is 1.05. The van der Waals surface area contributed by atoms with Gasteiger partial charge in [-0.1, -0.05) is 30.3 Å². The monoisotopic (exact) mass is 275 g/mol. The van der Waals surface area contributed by atoms with Crippen molar-refractivity contribution in [2.45, 2.75) is 49.8 Å². The maximum Gasteiger partial charge on any atom is 0.0660 e. The van der Waals surface area contributed by atoms with Gasteiger partial charge < -0.3 is 15.1 Å². The van der Waals surface area contributed by atoms with Gasteiger partial charge in [0.2, 0.25) is 0 Å². The number of hydrogen-bond donors (Lipinski definition) is 2. The maximum absolute atomic E-state index is 10.8. The molecule has 3 heteroatoms. The van der Waals surface area contributed by atoms with Gasteiger partial charge in [-0.3, -0.25) is 0 Å². The van der Waals surface area contributed by atoms with E-state index >= 15 is 0 Å². The van der Waals surface area contributed by atoms with Gasteiger partial charge in [-0.2, -0.15) is 0 Å². The normalized spacial score (nSPS) is 33.0. The van der Waals surface area contributed by atoms with Crippen molar-refractivity contribution < 1.29 is 10.2 Å². The van der Waals surface area contributed by atoms with E-state index in [1.807, 2.05) is 30.3 Å². The van der Waals surface area contributed by atoms with Crippen LogP contribution in [0.3, 0.4) is 0 Å². The van der Waals surface area contributed by atoms with E-state index in [9.17, 15) is 10.2 Å². The van der Waals surface area contributed by atoms with E-state index in [1.165, 1.54) is 12.8 Å². The predicted molar refractivity (Wildman–Crippen MR) is 79.6 cm³/mol. The van der Waals surface area contributed by atoms with E-state index < -0.39 is 6.10 Å². The summed E-state index contributed by atoms with van der Waals surface area (Å²) in [6.45, 7) is 0.0207. The number of rotatable bonds is 4. The molecule has 2 saturated heterocycles. The fourth-order valence-electron chi connectivity index (χ4n) is 4.17. The third kappa shape index (κ3) is 2.50. The molecule has 2 aliphatic rings. The van der Waals surface area contributed by atoms with Crippen molar-refractivity contribution in [1.82, 2.24) is 4.90 Å². The van der Waals surface area contributed by atoms with Crippen LogP contribution in [0.4, 0.5) is 0 Å². The Kier molecular flexibility index (Phi) is 4.11. The van der Waals surface area contributed by atoms with Crippen LogP contribution in [0.25, 0.3) is 0 Å². The van der Waals surface area contributed by atoms with E-state index in [0.29, 0.717) is 18.0 Å². The van der Waals surface area contributed by atoms with Crippen LogP contribution in [0.5, 0.6) is 0 Å². The first kappa shape index (κ1) is 14.1. The van der Waals surface area contributed by atoms with Gasteiger partial charge in [0.05, 0.1) is 12.7 Å². The number of nitrogens with zero attached hydrogens (tertiary/aromatic N) is 1. The van der Waals surface area contributed by atoms with Crippen molar-refractivity contribution in [2.75, 3.05) is 13.7 Å². The second-order valence-corrected chi connectivity index (χ2v) is 6.47. The first-order valence-electron chi connectivity index (χ1n) is 7.76. The van der Waals surface area contributed by atoms with Crippen LogP contribution in [0.2, 0.25) is 0 Å². The highest BCUT2D eigenvalue weighted by molar-refractivity contribution is 5.21. The van der Waals surface area contributed by atoms with Gasteiger partial charge in [0.15, 0.2) is 0 Å². The molecule has 20 heavy (non-hydrogen) atoms. The molecule has 0 aliphatic carbocycles. The van der Waals surface area contributed by atoms with Crippen LogP contribution in [0.15, 0.2) is 30.3 Å². The minimum absolute atomic E-state index is 0.0207. The van der Waals surface area contributed by atoms with Crippen molar-refractivity contribution in [1.29, 1.82) is 0 Å². The Bertz CT molecular complexity index is 422. The van der Waals surface area contributed by atoms with Crippen LogP contribution in [0.1, 0.15) is 37.2 Å². The molecule has 2 fully saturated rings. The summed E-state index contributed by atoms with van der Waals surface area (Å²) in [6, 6.07) is 11.2. The average Bonchev–Trinajstić information content (AvgIpc) is 2.70. The smallest absolute Gasteiger partial charge is 0.0660 e. The van der Waals surface area contributed by atoms with Crippen molar-refractivity contribution >= 4 is 0 Å². The van der Waals surface area contributed by atoms with Gasteiger partial charge in [-0.25, -0.2) is 0 Å². The minimum atomic E-state index is -0.431. The highest BCUT2D eigenvalue weighted by Gasteiger charge is 2.42. The van der Waals surface area contributed by atoms with Gasteiger partial charge in [0.25, 0.3) is 0 Å². The van der Waals surface area contributed by atoms with E-state index in [0.717, 1.165) is 18.4 Å². The molecule has 1 aromatic carbocycles. The molecule has 0 saturated carbocycles. The topological polar surface area (TPSA) is 43.7 Å². The Morgan fingerprint density at radius 2 is 1.75 bits per heavy atom. The van der Waals surface area contributed by atoms with E-state index in [1.54, 1.807) is 0 Å². The highest BCUT2D eigenvalue weighted by atomic mass is 16.3. The molecular weight excluding hydrogens is 250 g/mol. The van der Waals surface area contributed by atoms with Crippen molar-refractivity contribution in [3.63, 3.8) is 0 Å². The second kappa shape index (κ2) is 5.84. The van der Waals surface area contributed by atoms with Crippen LogP contribution in [-0.2, 0) is 0 Å². The second-order valence-electron chi connectivity index (χ2n) is 6.47. The zero-order valence-electron chi connectivity index (χ0n) is 12.2. The molecule has 110 valence electrons. The number of benzene rings is 1. The molecule has 2 aliphatic heterocycles. The number of aliphatic hydroxyl groups excluding tert-OH is 2. The molecule has 0 aromatic heterocycles. The highest BCUT2D eigenvalue weighted by Crippen LogP contribution is 2.41. The Morgan fingerprint density at radius 3 is 2.30 bits per heavy atom. The molecule has 3 nitrogen and oxygen atoms in total. The van der Waals surface area contributed by atoms with Crippen LogP contribution in [0, 0.1) is 5.92 Å².